The van der Waals surface area contributed by atoms with Gasteiger partial charge in [-0.1, -0.05) is 33.2 Å². The van der Waals surface area contributed by atoms with E-state index < -0.39 is 0 Å². The maximum atomic E-state index is 5.06. The molecule has 0 saturated carbocycles. The number of halogens is 1. The van der Waals surface area contributed by atoms with E-state index in [2.05, 4.69) is 21.1 Å². The van der Waals surface area contributed by atoms with Gasteiger partial charge in [0.05, 0.1) is 6.61 Å². The van der Waals surface area contributed by atoms with Gasteiger partial charge in [0.15, 0.2) is 0 Å². The number of benzene rings is 1. The average Bonchev–Trinajstić information content (AvgIpc) is 2.68. The lowest BCUT2D eigenvalue weighted by Gasteiger charge is -2.00. The summed E-state index contributed by atoms with van der Waals surface area (Å²) in [6, 6.07) is 7.92. The number of aromatic nitrogens is 1. The van der Waals surface area contributed by atoms with Crippen molar-refractivity contribution in [2.75, 3.05) is 7.11 Å². The van der Waals surface area contributed by atoms with Crippen molar-refractivity contribution in [3.8, 4) is 11.3 Å². The van der Waals surface area contributed by atoms with Gasteiger partial charge in [0.1, 0.15) is 12.0 Å². The molecule has 0 atom stereocenters. The van der Waals surface area contributed by atoms with Crippen LogP contribution in [-0.2, 0) is 11.3 Å². The highest BCUT2D eigenvalue weighted by Crippen LogP contribution is 2.24. The van der Waals surface area contributed by atoms with Gasteiger partial charge in [-0.3, -0.25) is 0 Å². The summed E-state index contributed by atoms with van der Waals surface area (Å²) in [5.41, 5.74) is 2.82. The topological polar surface area (TPSA) is 35.3 Å². The van der Waals surface area contributed by atoms with E-state index in [-0.39, 0.29) is 0 Å². The first kappa shape index (κ1) is 10.4. The molecule has 1 aromatic heterocycles. The first-order chi connectivity index (χ1) is 7.31. The molecule has 78 valence electrons. The molecule has 15 heavy (non-hydrogen) atoms. The fraction of sp³-hybridized carbons (Fsp3) is 0.182. The molecule has 0 unspecified atom stereocenters. The van der Waals surface area contributed by atoms with E-state index in [1.807, 2.05) is 24.3 Å². The second kappa shape index (κ2) is 4.59. The first-order valence-electron chi connectivity index (χ1n) is 4.49. The van der Waals surface area contributed by atoms with Gasteiger partial charge in [0, 0.05) is 22.7 Å². The fourth-order valence-electron chi connectivity index (χ4n) is 1.36. The molecule has 0 fully saturated rings. The Morgan fingerprint density at radius 1 is 1.33 bits per heavy atom. The molecule has 4 heteroatoms. The van der Waals surface area contributed by atoms with Crippen LogP contribution in [0.3, 0.4) is 0 Å². The van der Waals surface area contributed by atoms with Crippen LogP contribution in [-0.4, -0.2) is 12.3 Å². The highest BCUT2D eigenvalue weighted by Gasteiger charge is 2.09. The van der Waals surface area contributed by atoms with Crippen LogP contribution in [0.25, 0.3) is 11.3 Å². The summed E-state index contributed by atoms with van der Waals surface area (Å²) in [5.74, 6) is 0. The van der Waals surface area contributed by atoms with Gasteiger partial charge in [-0.05, 0) is 12.1 Å². The molecule has 1 heterocycles. The van der Waals surface area contributed by atoms with Crippen LogP contribution in [0.1, 0.15) is 5.56 Å². The van der Waals surface area contributed by atoms with Gasteiger partial charge in [-0.2, -0.15) is 0 Å². The zero-order chi connectivity index (χ0) is 10.7. The van der Waals surface area contributed by atoms with Crippen molar-refractivity contribution >= 4 is 15.9 Å². The molecule has 1 aromatic carbocycles. The zero-order valence-electron chi connectivity index (χ0n) is 8.24. The summed E-state index contributed by atoms with van der Waals surface area (Å²) < 4.78 is 11.0. The highest BCUT2D eigenvalue weighted by molar-refractivity contribution is 9.10. The number of rotatable bonds is 3. The molecule has 0 aliphatic carbocycles. The standard InChI is InChI=1S/C11H10BrNO2/c1-14-6-9-7-15-13-11(9)8-2-4-10(12)5-3-8/h2-5,7H,6H2,1H3. The normalized spacial score (nSPS) is 10.5. The number of nitrogens with zero attached hydrogens (tertiary/aromatic N) is 1. The average molecular weight is 268 g/mol. The molecule has 2 rings (SSSR count). The van der Waals surface area contributed by atoms with Crippen molar-refractivity contribution in [2.45, 2.75) is 6.61 Å². The number of methoxy groups -OCH3 is 1. The lowest BCUT2D eigenvalue weighted by molar-refractivity contribution is 0.184. The summed E-state index contributed by atoms with van der Waals surface area (Å²) in [5, 5.41) is 3.96. The van der Waals surface area contributed by atoms with Crippen LogP contribution < -0.4 is 0 Å². The zero-order valence-corrected chi connectivity index (χ0v) is 9.82. The van der Waals surface area contributed by atoms with E-state index in [1.165, 1.54) is 0 Å². The molecule has 3 nitrogen and oxygen atoms in total. The minimum Gasteiger partial charge on any atom is -0.380 e. The minimum absolute atomic E-state index is 0.509. The van der Waals surface area contributed by atoms with Crippen molar-refractivity contribution in [3.05, 3.63) is 40.6 Å². The number of hydrogen-bond acceptors (Lipinski definition) is 3. The van der Waals surface area contributed by atoms with Crippen molar-refractivity contribution in [1.82, 2.24) is 5.16 Å². The van der Waals surface area contributed by atoms with Gasteiger partial charge < -0.3 is 9.26 Å². The monoisotopic (exact) mass is 267 g/mol. The second-order valence-corrected chi connectivity index (χ2v) is 4.04. The van der Waals surface area contributed by atoms with Crippen LogP contribution in [0.5, 0.6) is 0 Å². The van der Waals surface area contributed by atoms with Crippen molar-refractivity contribution in [2.24, 2.45) is 0 Å². The molecule has 0 saturated heterocycles. The molecular formula is C11H10BrNO2. The fourth-order valence-corrected chi connectivity index (χ4v) is 1.63. The summed E-state index contributed by atoms with van der Waals surface area (Å²) in [6.07, 6.45) is 1.61. The molecule has 0 amide bonds. The van der Waals surface area contributed by atoms with Crippen molar-refractivity contribution in [3.63, 3.8) is 0 Å². The summed E-state index contributed by atoms with van der Waals surface area (Å²) >= 11 is 3.39. The SMILES string of the molecule is COCc1conc1-c1ccc(Br)cc1. The Bertz CT molecular complexity index is 436. The summed E-state index contributed by atoms with van der Waals surface area (Å²) in [4.78, 5) is 0. The third kappa shape index (κ3) is 2.27. The Hall–Kier alpha value is -1.13. The largest absolute Gasteiger partial charge is 0.380 e. The Labute approximate surface area is 96.2 Å². The highest BCUT2D eigenvalue weighted by atomic mass is 79.9. The molecular weight excluding hydrogens is 258 g/mol. The molecule has 0 aliphatic heterocycles. The Morgan fingerprint density at radius 3 is 2.73 bits per heavy atom. The predicted molar refractivity (Wildman–Crippen MR) is 60.4 cm³/mol. The molecule has 0 spiro atoms. The Morgan fingerprint density at radius 2 is 2.07 bits per heavy atom. The van der Waals surface area contributed by atoms with E-state index in [9.17, 15) is 0 Å². The van der Waals surface area contributed by atoms with E-state index in [0.29, 0.717) is 6.61 Å². The van der Waals surface area contributed by atoms with Crippen LogP contribution >= 0.6 is 15.9 Å². The maximum absolute atomic E-state index is 5.06. The third-order valence-electron chi connectivity index (χ3n) is 2.06. The van der Waals surface area contributed by atoms with Gasteiger partial charge in [0.2, 0.25) is 0 Å². The van der Waals surface area contributed by atoms with E-state index in [4.69, 9.17) is 9.26 Å². The molecule has 0 aliphatic rings. The second-order valence-electron chi connectivity index (χ2n) is 3.13. The smallest absolute Gasteiger partial charge is 0.129 e. The Balaban J connectivity index is 2.36. The molecule has 2 aromatic rings. The molecule has 0 radical (unpaired) electrons. The van der Waals surface area contributed by atoms with Gasteiger partial charge in [-0.25, -0.2) is 0 Å². The quantitative estimate of drug-likeness (QED) is 0.857. The summed E-state index contributed by atoms with van der Waals surface area (Å²) in [6.45, 7) is 0.509. The molecule has 0 N–H and O–H groups in total. The lowest BCUT2D eigenvalue weighted by Crippen LogP contribution is -1.88. The minimum atomic E-state index is 0.509. The van der Waals surface area contributed by atoms with E-state index in [1.54, 1.807) is 13.4 Å². The van der Waals surface area contributed by atoms with Gasteiger partial charge in [-0.15, -0.1) is 0 Å². The van der Waals surface area contributed by atoms with E-state index in [0.717, 1.165) is 21.3 Å². The molecule has 0 bridgehead atoms. The maximum Gasteiger partial charge on any atom is 0.129 e. The van der Waals surface area contributed by atoms with Crippen LogP contribution in [0.15, 0.2) is 39.5 Å². The van der Waals surface area contributed by atoms with Gasteiger partial charge in [0.25, 0.3) is 0 Å². The third-order valence-corrected chi connectivity index (χ3v) is 2.59. The van der Waals surface area contributed by atoms with Crippen LogP contribution in [0.4, 0.5) is 0 Å². The van der Waals surface area contributed by atoms with Gasteiger partial charge >= 0.3 is 0 Å². The lowest BCUT2D eigenvalue weighted by atomic mass is 10.1. The van der Waals surface area contributed by atoms with Crippen molar-refractivity contribution < 1.29 is 9.26 Å². The van der Waals surface area contributed by atoms with Crippen LogP contribution in [0.2, 0.25) is 0 Å². The first-order valence-corrected chi connectivity index (χ1v) is 5.28. The van der Waals surface area contributed by atoms with Crippen LogP contribution in [0, 0.1) is 0 Å². The van der Waals surface area contributed by atoms with Crippen molar-refractivity contribution in [1.29, 1.82) is 0 Å². The number of hydrogen-bond donors (Lipinski definition) is 0. The predicted octanol–water partition coefficient (Wildman–Crippen LogP) is 3.25. The number of ether oxygens (including phenoxy) is 1. The van der Waals surface area contributed by atoms with E-state index >= 15 is 0 Å². The summed E-state index contributed by atoms with van der Waals surface area (Å²) in [7, 11) is 1.65. The Kier molecular flexibility index (Phi) is 3.18.